The summed E-state index contributed by atoms with van der Waals surface area (Å²) >= 11 is -0.0972. The summed E-state index contributed by atoms with van der Waals surface area (Å²) in [5.41, 5.74) is -2.51. The van der Waals surface area contributed by atoms with Crippen molar-refractivity contribution in [1.82, 2.24) is 0 Å². The summed E-state index contributed by atoms with van der Waals surface area (Å²) in [4.78, 5) is 30.8. The van der Waals surface area contributed by atoms with Crippen molar-refractivity contribution >= 4 is 47.7 Å². The zero-order valence-corrected chi connectivity index (χ0v) is 21.6. The molecule has 0 spiro atoms. The number of fused-ring (bicyclic) bond motifs is 2. The van der Waals surface area contributed by atoms with Crippen LogP contribution in [0, 0.1) is 0 Å². The van der Waals surface area contributed by atoms with Crippen molar-refractivity contribution in [2.45, 2.75) is 29.0 Å². The smallest absolute Gasteiger partial charge is 0.490 e. The molecule has 1 amide bonds. The Labute approximate surface area is 217 Å². The SMILES string of the molecule is COc1ccc2cc(NC(=O)C3=NO[C@H]4[C@H](O)[C@@H]([Se]c5ccccc5)C=C[C@@]4(O)C3)c(=O)oc2c1OC. The molecular formula is C26H24N2O8Se. The molecule has 1 aromatic heterocycles. The molecule has 4 atom stereocenters. The van der Waals surface area contributed by atoms with E-state index in [2.05, 4.69) is 10.5 Å². The first-order valence-electron chi connectivity index (χ1n) is 11.4. The number of oxime groups is 1. The van der Waals surface area contributed by atoms with Crippen LogP contribution in [-0.4, -0.2) is 68.8 Å². The van der Waals surface area contributed by atoms with Gasteiger partial charge < -0.3 is 9.47 Å². The van der Waals surface area contributed by atoms with Crippen LogP contribution in [0.25, 0.3) is 11.0 Å². The number of nitrogens with zero attached hydrogens (tertiary/aromatic N) is 1. The molecule has 0 fully saturated rings. The van der Waals surface area contributed by atoms with Crippen molar-refractivity contribution in [3.8, 4) is 11.5 Å². The molecule has 1 aliphatic heterocycles. The number of carbonyl (C=O) groups excluding carboxylic acids is 1. The quantitative estimate of drug-likeness (QED) is 0.229. The van der Waals surface area contributed by atoms with Crippen LogP contribution in [-0.2, 0) is 9.63 Å². The van der Waals surface area contributed by atoms with Gasteiger partial charge in [0.25, 0.3) is 0 Å². The second-order valence-electron chi connectivity index (χ2n) is 8.60. The zero-order chi connectivity index (χ0) is 26.2. The van der Waals surface area contributed by atoms with Crippen LogP contribution in [0.15, 0.2) is 75.1 Å². The van der Waals surface area contributed by atoms with Crippen LogP contribution in [0.2, 0.25) is 4.82 Å². The molecule has 192 valence electrons. The number of rotatable bonds is 6. The van der Waals surface area contributed by atoms with Crippen LogP contribution in [0.4, 0.5) is 5.69 Å². The standard InChI is InChI=1S/C26H24N2O8Se/c1-33-18-9-8-14-12-16(25(31)35-21(14)22(18)34-2)27-24(30)17-13-26(32)11-10-19(20(29)23(26)36-28-17)37-15-6-4-3-5-7-15/h3-12,19-20,23,29,32H,13H2,1-2H3,(H,27,30)/t19-,20+,23-,26+/m0/s1. The molecule has 0 saturated heterocycles. The molecule has 2 aromatic carbocycles. The molecule has 37 heavy (non-hydrogen) atoms. The molecule has 0 saturated carbocycles. The molecule has 0 radical (unpaired) electrons. The number of benzene rings is 2. The molecule has 5 rings (SSSR count). The van der Waals surface area contributed by atoms with Gasteiger partial charge in [0.1, 0.15) is 0 Å². The Hall–Kier alpha value is -3.63. The summed E-state index contributed by atoms with van der Waals surface area (Å²) in [7, 11) is 2.89. The molecule has 0 bridgehead atoms. The van der Waals surface area contributed by atoms with Gasteiger partial charge in [-0.25, -0.2) is 0 Å². The van der Waals surface area contributed by atoms with Crippen molar-refractivity contribution in [3.05, 3.63) is 71.1 Å². The van der Waals surface area contributed by atoms with Crippen LogP contribution < -0.4 is 24.9 Å². The van der Waals surface area contributed by atoms with Gasteiger partial charge in [0.05, 0.1) is 14.2 Å². The van der Waals surface area contributed by atoms with Gasteiger partial charge in [-0.15, -0.1) is 0 Å². The van der Waals surface area contributed by atoms with E-state index in [0.29, 0.717) is 11.1 Å². The van der Waals surface area contributed by atoms with Gasteiger partial charge in [-0.3, -0.25) is 0 Å². The average Bonchev–Trinajstić information content (AvgIpc) is 2.90. The Morgan fingerprint density at radius 3 is 2.70 bits per heavy atom. The van der Waals surface area contributed by atoms with E-state index >= 15 is 0 Å². The number of hydrogen-bond acceptors (Lipinski definition) is 9. The van der Waals surface area contributed by atoms with Crippen molar-refractivity contribution in [3.63, 3.8) is 0 Å². The number of ether oxygens (including phenoxy) is 2. The Kier molecular flexibility index (Phi) is 6.78. The third kappa shape index (κ3) is 4.74. The first kappa shape index (κ1) is 25.0. The number of carbonyl (C=O) groups is 1. The number of anilines is 1. The first-order valence-corrected chi connectivity index (χ1v) is 13.2. The van der Waals surface area contributed by atoms with E-state index in [1.807, 2.05) is 30.3 Å². The zero-order valence-electron chi connectivity index (χ0n) is 19.9. The van der Waals surface area contributed by atoms with E-state index in [9.17, 15) is 19.8 Å². The summed E-state index contributed by atoms with van der Waals surface area (Å²) < 4.78 is 17.0. The minimum atomic E-state index is -1.63. The molecule has 3 N–H and O–H groups in total. The summed E-state index contributed by atoms with van der Waals surface area (Å²) in [5, 5.41) is 29.0. The minimum Gasteiger partial charge on any atom is -0.490 e. The van der Waals surface area contributed by atoms with Crippen LogP contribution in [0.1, 0.15) is 6.42 Å². The van der Waals surface area contributed by atoms with E-state index in [1.54, 1.807) is 24.3 Å². The summed E-state index contributed by atoms with van der Waals surface area (Å²) in [5.74, 6) is -0.0956. The van der Waals surface area contributed by atoms with Gasteiger partial charge in [0, 0.05) is 0 Å². The maximum atomic E-state index is 12.9. The number of hydrogen-bond donors (Lipinski definition) is 3. The van der Waals surface area contributed by atoms with E-state index in [0.717, 1.165) is 4.46 Å². The van der Waals surface area contributed by atoms with Crippen molar-refractivity contribution in [2.75, 3.05) is 19.5 Å². The third-order valence-corrected chi connectivity index (χ3v) is 8.84. The normalized spacial score (nSPS) is 24.5. The molecule has 11 heteroatoms. The second kappa shape index (κ2) is 10.0. The van der Waals surface area contributed by atoms with Crippen molar-refractivity contribution in [2.24, 2.45) is 5.16 Å². The molecule has 0 unspecified atom stereocenters. The topological polar surface area (TPSA) is 140 Å². The van der Waals surface area contributed by atoms with Gasteiger partial charge >= 0.3 is 177 Å². The Morgan fingerprint density at radius 1 is 1.19 bits per heavy atom. The molecule has 1 aliphatic carbocycles. The maximum absolute atomic E-state index is 12.9. The monoisotopic (exact) mass is 572 g/mol. The van der Waals surface area contributed by atoms with Crippen LogP contribution in [0.3, 0.4) is 0 Å². The minimum absolute atomic E-state index is 0.0972. The van der Waals surface area contributed by atoms with Crippen LogP contribution in [0.5, 0.6) is 11.5 Å². The summed E-state index contributed by atoms with van der Waals surface area (Å²) in [6.45, 7) is 0. The fourth-order valence-electron chi connectivity index (χ4n) is 4.34. The Balaban J connectivity index is 1.34. The van der Waals surface area contributed by atoms with E-state index in [-0.39, 0.29) is 48.9 Å². The third-order valence-electron chi connectivity index (χ3n) is 6.21. The van der Waals surface area contributed by atoms with Gasteiger partial charge in [-0.05, 0) is 6.07 Å². The Morgan fingerprint density at radius 2 is 1.97 bits per heavy atom. The van der Waals surface area contributed by atoms with Crippen molar-refractivity contribution in [1.29, 1.82) is 0 Å². The van der Waals surface area contributed by atoms with Gasteiger partial charge in [0.15, 0.2) is 5.75 Å². The predicted molar refractivity (Wildman–Crippen MR) is 137 cm³/mol. The van der Waals surface area contributed by atoms with E-state index < -0.39 is 29.3 Å². The fourth-order valence-corrected chi connectivity index (χ4v) is 6.58. The van der Waals surface area contributed by atoms with Gasteiger partial charge in [-0.2, -0.15) is 0 Å². The fraction of sp³-hybridized carbons (Fsp3) is 0.269. The van der Waals surface area contributed by atoms with Gasteiger partial charge in [-0.1, -0.05) is 0 Å². The number of nitrogens with one attached hydrogen (secondary N) is 1. The second-order valence-corrected chi connectivity index (χ2v) is 11.2. The Bertz CT molecular complexity index is 1450. The average molecular weight is 571 g/mol. The molecule has 2 heterocycles. The van der Waals surface area contributed by atoms with Crippen LogP contribution >= 0.6 is 0 Å². The number of aliphatic hydroxyl groups is 2. The molecule has 10 nitrogen and oxygen atoms in total. The van der Waals surface area contributed by atoms with Gasteiger partial charge in [0.2, 0.25) is 5.75 Å². The molecule has 3 aromatic rings. The van der Waals surface area contributed by atoms with Crippen molar-refractivity contribution < 1.29 is 33.7 Å². The first-order chi connectivity index (χ1) is 17.8. The number of aliphatic hydroxyl groups excluding tert-OH is 1. The predicted octanol–water partition coefficient (Wildman–Crippen LogP) is 1.37. The number of methoxy groups -OCH3 is 2. The van der Waals surface area contributed by atoms with E-state index in [1.165, 1.54) is 20.3 Å². The molecular weight excluding hydrogens is 547 g/mol. The summed E-state index contributed by atoms with van der Waals surface area (Å²) in [6.07, 6.45) is 1.08. The molecule has 2 aliphatic rings. The number of amides is 1. The summed E-state index contributed by atoms with van der Waals surface area (Å²) in [6, 6.07) is 14.5. The van der Waals surface area contributed by atoms with E-state index in [4.69, 9.17) is 18.7 Å².